The minimum absolute atomic E-state index is 0. The van der Waals surface area contributed by atoms with Crippen LogP contribution in [-0.4, -0.2) is 27.5 Å². The fourth-order valence-corrected chi connectivity index (χ4v) is 3.09. The Labute approximate surface area is 166 Å². The van der Waals surface area contributed by atoms with Crippen molar-refractivity contribution in [3.05, 3.63) is 60.2 Å². The van der Waals surface area contributed by atoms with Crippen LogP contribution < -0.4 is 15.8 Å². The first kappa shape index (κ1) is 21.4. The third-order valence-corrected chi connectivity index (χ3v) is 4.85. The SMILES string of the molecule is CCc1ccc(NC(N)=NCCNS(=O)(=O)c2ccccc2)cc1.I. The lowest BCUT2D eigenvalue weighted by molar-refractivity contribution is 0.582. The molecular weight excluding hydrogens is 451 g/mol. The van der Waals surface area contributed by atoms with Crippen LogP contribution in [0.4, 0.5) is 5.69 Å². The summed E-state index contributed by atoms with van der Waals surface area (Å²) in [5, 5.41) is 2.97. The highest BCUT2D eigenvalue weighted by molar-refractivity contribution is 14.0. The van der Waals surface area contributed by atoms with Gasteiger partial charge in [0.1, 0.15) is 0 Å². The molecule has 136 valence electrons. The second-order valence-electron chi connectivity index (χ2n) is 5.15. The molecule has 0 aliphatic carbocycles. The van der Waals surface area contributed by atoms with E-state index in [0.717, 1.165) is 12.1 Å². The Balaban J connectivity index is 0.00000312. The molecule has 2 aromatic carbocycles. The quantitative estimate of drug-likeness (QED) is 0.249. The summed E-state index contributed by atoms with van der Waals surface area (Å²) in [5.74, 6) is 0.248. The first-order valence-electron chi connectivity index (χ1n) is 7.72. The Morgan fingerprint density at radius 2 is 1.72 bits per heavy atom. The number of halogens is 1. The van der Waals surface area contributed by atoms with Crippen LogP contribution in [-0.2, 0) is 16.4 Å². The fraction of sp³-hybridized carbons (Fsp3) is 0.235. The maximum atomic E-state index is 12.0. The van der Waals surface area contributed by atoms with Crippen molar-refractivity contribution in [2.45, 2.75) is 18.2 Å². The van der Waals surface area contributed by atoms with E-state index in [1.807, 2.05) is 24.3 Å². The summed E-state index contributed by atoms with van der Waals surface area (Å²) in [7, 11) is -3.51. The largest absolute Gasteiger partial charge is 0.370 e. The van der Waals surface area contributed by atoms with Crippen LogP contribution in [0.5, 0.6) is 0 Å². The molecule has 0 aliphatic heterocycles. The molecule has 0 saturated heterocycles. The summed E-state index contributed by atoms with van der Waals surface area (Å²) >= 11 is 0. The molecule has 0 amide bonds. The van der Waals surface area contributed by atoms with E-state index in [0.29, 0.717) is 0 Å². The number of hydrogen-bond donors (Lipinski definition) is 3. The molecule has 0 aromatic heterocycles. The van der Waals surface area contributed by atoms with Crippen molar-refractivity contribution < 1.29 is 8.42 Å². The molecule has 0 aliphatic rings. The average molecular weight is 474 g/mol. The van der Waals surface area contributed by atoms with Crippen molar-refractivity contribution >= 4 is 45.6 Å². The van der Waals surface area contributed by atoms with Crippen molar-refractivity contribution in [2.24, 2.45) is 10.7 Å². The number of aryl methyl sites for hydroxylation is 1. The van der Waals surface area contributed by atoms with Gasteiger partial charge in [0.2, 0.25) is 10.0 Å². The Kier molecular flexibility index (Phi) is 8.87. The van der Waals surface area contributed by atoms with Crippen LogP contribution in [0.2, 0.25) is 0 Å². The highest BCUT2D eigenvalue weighted by Gasteiger charge is 2.11. The first-order chi connectivity index (χ1) is 11.5. The Morgan fingerprint density at radius 1 is 1.08 bits per heavy atom. The Morgan fingerprint density at radius 3 is 2.32 bits per heavy atom. The summed E-state index contributed by atoms with van der Waals surface area (Å²) in [6.45, 7) is 2.51. The van der Waals surface area contributed by atoms with E-state index in [2.05, 4.69) is 22.0 Å². The Hall–Kier alpha value is -1.65. The van der Waals surface area contributed by atoms with Gasteiger partial charge >= 0.3 is 0 Å². The zero-order chi connectivity index (χ0) is 17.4. The lowest BCUT2D eigenvalue weighted by Crippen LogP contribution is -2.28. The number of sulfonamides is 1. The molecule has 25 heavy (non-hydrogen) atoms. The predicted molar refractivity (Wildman–Crippen MR) is 113 cm³/mol. The van der Waals surface area contributed by atoms with E-state index in [1.165, 1.54) is 5.56 Å². The minimum Gasteiger partial charge on any atom is -0.370 e. The van der Waals surface area contributed by atoms with Crippen LogP contribution in [0, 0.1) is 0 Å². The molecule has 0 heterocycles. The third-order valence-electron chi connectivity index (χ3n) is 3.37. The summed E-state index contributed by atoms with van der Waals surface area (Å²) in [5.41, 5.74) is 7.89. The smallest absolute Gasteiger partial charge is 0.240 e. The van der Waals surface area contributed by atoms with Gasteiger partial charge in [-0.15, -0.1) is 24.0 Å². The van der Waals surface area contributed by atoms with Crippen molar-refractivity contribution in [3.8, 4) is 0 Å². The van der Waals surface area contributed by atoms with E-state index >= 15 is 0 Å². The third kappa shape index (κ3) is 7.00. The van der Waals surface area contributed by atoms with Crippen molar-refractivity contribution in [1.29, 1.82) is 0 Å². The van der Waals surface area contributed by atoms with Gasteiger partial charge in [0.05, 0.1) is 11.4 Å². The zero-order valence-electron chi connectivity index (χ0n) is 14.0. The molecule has 0 bridgehead atoms. The highest BCUT2D eigenvalue weighted by Crippen LogP contribution is 2.09. The Bertz CT molecular complexity index is 778. The minimum atomic E-state index is -3.51. The van der Waals surface area contributed by atoms with E-state index < -0.39 is 10.0 Å². The topological polar surface area (TPSA) is 96.6 Å². The monoisotopic (exact) mass is 474 g/mol. The van der Waals surface area contributed by atoms with Crippen LogP contribution in [0.3, 0.4) is 0 Å². The van der Waals surface area contributed by atoms with Crippen LogP contribution >= 0.6 is 24.0 Å². The van der Waals surface area contributed by atoms with Gasteiger partial charge in [-0.1, -0.05) is 37.3 Å². The van der Waals surface area contributed by atoms with E-state index in [-0.39, 0.29) is 47.9 Å². The molecule has 2 aromatic rings. The summed E-state index contributed by atoms with van der Waals surface area (Å²) in [4.78, 5) is 4.35. The van der Waals surface area contributed by atoms with Gasteiger partial charge in [-0.2, -0.15) is 0 Å². The number of nitrogens with two attached hydrogens (primary N) is 1. The molecule has 0 atom stereocenters. The normalized spacial score (nSPS) is 11.6. The molecule has 6 nitrogen and oxygen atoms in total. The number of nitrogens with zero attached hydrogens (tertiary/aromatic N) is 1. The lowest BCUT2D eigenvalue weighted by Gasteiger charge is -2.07. The van der Waals surface area contributed by atoms with Gasteiger partial charge < -0.3 is 11.1 Å². The van der Waals surface area contributed by atoms with E-state index in [9.17, 15) is 8.42 Å². The zero-order valence-corrected chi connectivity index (χ0v) is 17.1. The maximum Gasteiger partial charge on any atom is 0.240 e. The molecule has 2 rings (SSSR count). The summed E-state index contributed by atoms with van der Waals surface area (Å²) in [6.07, 6.45) is 0.978. The van der Waals surface area contributed by atoms with Gasteiger partial charge in [-0.3, -0.25) is 4.99 Å². The average Bonchev–Trinajstić information content (AvgIpc) is 2.60. The first-order valence-corrected chi connectivity index (χ1v) is 9.20. The van der Waals surface area contributed by atoms with Crippen LogP contribution in [0.15, 0.2) is 64.5 Å². The number of nitrogens with one attached hydrogen (secondary N) is 2. The molecule has 0 spiro atoms. The predicted octanol–water partition coefficient (Wildman–Crippen LogP) is 2.57. The standard InChI is InChI=1S/C17H22N4O2S.HI/c1-2-14-8-10-15(11-9-14)21-17(18)19-12-13-20-24(22,23)16-6-4-3-5-7-16;/h3-11,20H,2,12-13H2,1H3,(H3,18,19,21);1H. The maximum absolute atomic E-state index is 12.0. The molecule has 0 saturated carbocycles. The number of aliphatic imine (C=N–C) groups is 1. The molecule has 4 N–H and O–H groups in total. The van der Waals surface area contributed by atoms with Crippen molar-refractivity contribution in [3.63, 3.8) is 0 Å². The van der Waals surface area contributed by atoms with Crippen LogP contribution in [0.25, 0.3) is 0 Å². The van der Waals surface area contributed by atoms with Crippen molar-refractivity contribution in [1.82, 2.24) is 4.72 Å². The van der Waals surface area contributed by atoms with E-state index in [1.54, 1.807) is 30.3 Å². The molecule has 0 radical (unpaired) electrons. The second-order valence-corrected chi connectivity index (χ2v) is 6.92. The number of benzene rings is 2. The molecule has 0 fully saturated rings. The van der Waals surface area contributed by atoms with Gasteiger partial charge in [-0.25, -0.2) is 13.1 Å². The summed E-state index contributed by atoms with van der Waals surface area (Å²) < 4.78 is 26.5. The second kappa shape index (κ2) is 10.4. The van der Waals surface area contributed by atoms with Crippen LogP contribution in [0.1, 0.15) is 12.5 Å². The number of guanidine groups is 1. The van der Waals surface area contributed by atoms with Gasteiger partial charge in [0.15, 0.2) is 5.96 Å². The van der Waals surface area contributed by atoms with E-state index in [4.69, 9.17) is 5.73 Å². The lowest BCUT2D eigenvalue weighted by atomic mass is 10.1. The van der Waals surface area contributed by atoms with Crippen molar-refractivity contribution in [2.75, 3.05) is 18.4 Å². The summed E-state index contributed by atoms with van der Waals surface area (Å²) in [6, 6.07) is 16.1. The number of rotatable bonds is 7. The van der Waals surface area contributed by atoms with Gasteiger partial charge in [0.25, 0.3) is 0 Å². The number of anilines is 1. The molecule has 8 heteroatoms. The number of hydrogen-bond acceptors (Lipinski definition) is 3. The molecular formula is C17H23IN4O2S. The van der Waals surface area contributed by atoms with Gasteiger partial charge in [0, 0.05) is 12.2 Å². The highest BCUT2D eigenvalue weighted by atomic mass is 127. The van der Waals surface area contributed by atoms with Gasteiger partial charge in [-0.05, 0) is 36.2 Å². The molecule has 0 unspecified atom stereocenters. The fourth-order valence-electron chi connectivity index (χ4n) is 2.05.